The maximum absolute atomic E-state index is 11.1. The summed E-state index contributed by atoms with van der Waals surface area (Å²) in [6, 6.07) is 0.267. The molecule has 1 atom stereocenters. The van der Waals surface area contributed by atoms with Gasteiger partial charge in [0, 0.05) is 6.04 Å². The van der Waals surface area contributed by atoms with E-state index in [4.69, 9.17) is 5.73 Å². The number of hydrogen-bond donors (Lipinski definition) is 2. The van der Waals surface area contributed by atoms with E-state index in [1.165, 1.54) is 12.8 Å². The highest BCUT2D eigenvalue weighted by atomic mass is 35.5. The van der Waals surface area contributed by atoms with Gasteiger partial charge in [0.2, 0.25) is 5.91 Å². The van der Waals surface area contributed by atoms with Crippen LogP contribution < -0.4 is 11.1 Å². The van der Waals surface area contributed by atoms with Gasteiger partial charge < -0.3 is 11.1 Å². The molecule has 0 aromatic heterocycles. The topological polar surface area (TPSA) is 55.1 Å². The molecule has 3 N–H and O–H groups in total. The minimum Gasteiger partial charge on any atom is -0.369 e. The highest BCUT2D eigenvalue weighted by Crippen LogP contribution is 2.25. The molecule has 4 heteroatoms. The van der Waals surface area contributed by atoms with E-state index in [-0.39, 0.29) is 24.4 Å². The summed E-state index contributed by atoms with van der Waals surface area (Å²) in [7, 11) is 0. The number of carbonyl (C=O) groups excluding carboxylic acids is 1. The second-order valence-corrected chi connectivity index (χ2v) is 4.09. The third-order valence-electron chi connectivity index (χ3n) is 2.82. The van der Waals surface area contributed by atoms with Crippen molar-refractivity contribution in [1.82, 2.24) is 5.32 Å². The molecule has 13 heavy (non-hydrogen) atoms. The van der Waals surface area contributed by atoms with Crippen molar-refractivity contribution in [2.24, 2.45) is 11.1 Å². The first-order valence-electron chi connectivity index (χ1n) is 4.58. The Hall–Kier alpha value is -0.280. The molecule has 0 aromatic carbocycles. The zero-order valence-electron chi connectivity index (χ0n) is 8.30. The molecule has 0 radical (unpaired) electrons. The van der Waals surface area contributed by atoms with Crippen LogP contribution >= 0.6 is 12.4 Å². The Labute approximate surface area is 85.9 Å². The maximum Gasteiger partial charge on any atom is 0.224 e. The lowest BCUT2D eigenvalue weighted by Gasteiger charge is -2.35. The second-order valence-electron chi connectivity index (χ2n) is 4.09. The molecular formula is C9H19ClN2O. The average molecular weight is 207 g/mol. The lowest BCUT2D eigenvalue weighted by molar-refractivity contribution is -0.127. The molecule has 1 fully saturated rings. The van der Waals surface area contributed by atoms with Crippen LogP contribution in [0.2, 0.25) is 0 Å². The molecule has 0 spiro atoms. The van der Waals surface area contributed by atoms with E-state index < -0.39 is 5.41 Å². The van der Waals surface area contributed by atoms with E-state index in [2.05, 4.69) is 5.32 Å². The fraction of sp³-hybridized carbons (Fsp3) is 0.889. The van der Waals surface area contributed by atoms with E-state index in [0.717, 1.165) is 13.0 Å². The lowest BCUT2D eigenvalue weighted by Crippen LogP contribution is -2.51. The van der Waals surface area contributed by atoms with Gasteiger partial charge in [-0.25, -0.2) is 0 Å². The molecule has 0 aromatic rings. The Morgan fingerprint density at radius 1 is 1.46 bits per heavy atom. The fourth-order valence-electron chi connectivity index (χ4n) is 1.64. The number of primary amides is 1. The summed E-state index contributed by atoms with van der Waals surface area (Å²) in [6.45, 7) is 4.85. The third-order valence-corrected chi connectivity index (χ3v) is 2.82. The van der Waals surface area contributed by atoms with Crippen molar-refractivity contribution in [3.8, 4) is 0 Å². The first-order chi connectivity index (χ1) is 5.55. The average Bonchev–Trinajstić information content (AvgIpc) is 2.06. The van der Waals surface area contributed by atoms with Crippen LogP contribution in [0.4, 0.5) is 0 Å². The summed E-state index contributed by atoms with van der Waals surface area (Å²) in [5, 5.41) is 3.34. The zero-order chi connectivity index (χ0) is 9.19. The molecule has 1 amide bonds. The largest absolute Gasteiger partial charge is 0.369 e. The first kappa shape index (κ1) is 12.7. The van der Waals surface area contributed by atoms with E-state index >= 15 is 0 Å². The number of rotatable bonds is 2. The van der Waals surface area contributed by atoms with E-state index in [1.54, 1.807) is 0 Å². The molecule has 3 nitrogen and oxygen atoms in total. The van der Waals surface area contributed by atoms with E-state index in [0.29, 0.717) is 0 Å². The van der Waals surface area contributed by atoms with Crippen molar-refractivity contribution in [3.05, 3.63) is 0 Å². The van der Waals surface area contributed by atoms with Crippen molar-refractivity contribution in [1.29, 1.82) is 0 Å². The van der Waals surface area contributed by atoms with Gasteiger partial charge in [-0.15, -0.1) is 12.4 Å². The van der Waals surface area contributed by atoms with Crippen LogP contribution in [0.15, 0.2) is 0 Å². The van der Waals surface area contributed by atoms with E-state index in [9.17, 15) is 4.79 Å². The highest BCUT2D eigenvalue weighted by molar-refractivity contribution is 5.85. The molecule has 78 valence electrons. The Bertz CT molecular complexity index is 176. The summed E-state index contributed by atoms with van der Waals surface area (Å²) in [4.78, 5) is 11.1. The predicted octanol–water partition coefficient (Wildman–Crippen LogP) is 1.06. The molecule has 0 aliphatic carbocycles. The van der Waals surface area contributed by atoms with Gasteiger partial charge in [0.1, 0.15) is 0 Å². The van der Waals surface area contributed by atoms with Crippen molar-refractivity contribution in [2.45, 2.75) is 39.2 Å². The molecule has 0 bridgehead atoms. The van der Waals surface area contributed by atoms with Crippen LogP contribution in [0.25, 0.3) is 0 Å². The van der Waals surface area contributed by atoms with Crippen LogP contribution in [-0.4, -0.2) is 18.5 Å². The fourth-order valence-corrected chi connectivity index (χ4v) is 1.64. The number of amides is 1. The summed E-state index contributed by atoms with van der Waals surface area (Å²) in [5.41, 5.74) is 4.92. The molecule has 1 rings (SSSR count). The van der Waals surface area contributed by atoms with Gasteiger partial charge in [0.15, 0.2) is 0 Å². The van der Waals surface area contributed by atoms with Gasteiger partial charge in [-0.2, -0.15) is 0 Å². The van der Waals surface area contributed by atoms with Gasteiger partial charge in [-0.1, -0.05) is 6.42 Å². The molecule has 1 saturated heterocycles. The first-order valence-corrected chi connectivity index (χ1v) is 4.58. The quantitative estimate of drug-likeness (QED) is 0.710. The smallest absolute Gasteiger partial charge is 0.224 e. The summed E-state index contributed by atoms with van der Waals surface area (Å²) >= 11 is 0. The monoisotopic (exact) mass is 206 g/mol. The second kappa shape index (κ2) is 4.82. The highest BCUT2D eigenvalue weighted by Gasteiger charge is 2.35. The van der Waals surface area contributed by atoms with Crippen LogP contribution in [0.5, 0.6) is 0 Å². The predicted molar refractivity (Wildman–Crippen MR) is 55.9 cm³/mol. The third kappa shape index (κ3) is 2.85. The Morgan fingerprint density at radius 3 is 2.46 bits per heavy atom. The molecule has 1 heterocycles. The Kier molecular flexibility index (Phi) is 4.71. The van der Waals surface area contributed by atoms with Crippen molar-refractivity contribution < 1.29 is 4.79 Å². The standard InChI is InChI=1S/C9H18N2O.ClH/c1-9(2,8(10)12)7-5-3-4-6-11-7;/h7,11H,3-6H2,1-2H3,(H2,10,12);1H. The zero-order valence-corrected chi connectivity index (χ0v) is 9.12. The minimum atomic E-state index is -0.402. The van der Waals surface area contributed by atoms with Gasteiger partial charge in [-0.3, -0.25) is 4.79 Å². The van der Waals surface area contributed by atoms with Gasteiger partial charge >= 0.3 is 0 Å². The van der Waals surface area contributed by atoms with Gasteiger partial charge in [0.05, 0.1) is 5.41 Å². The number of hydrogen-bond acceptors (Lipinski definition) is 2. The van der Waals surface area contributed by atoms with Crippen molar-refractivity contribution in [3.63, 3.8) is 0 Å². The number of nitrogens with two attached hydrogens (primary N) is 1. The van der Waals surface area contributed by atoms with Gasteiger partial charge in [0.25, 0.3) is 0 Å². The molecule has 1 aliphatic rings. The molecule has 1 aliphatic heterocycles. The van der Waals surface area contributed by atoms with Crippen LogP contribution in [0.1, 0.15) is 33.1 Å². The molecule has 0 saturated carbocycles. The summed E-state index contributed by atoms with van der Waals surface area (Å²) in [5.74, 6) is -0.207. The normalized spacial score (nSPS) is 23.4. The molecule has 1 unspecified atom stereocenters. The summed E-state index contributed by atoms with van der Waals surface area (Å²) in [6.07, 6.45) is 3.48. The summed E-state index contributed by atoms with van der Waals surface area (Å²) < 4.78 is 0. The van der Waals surface area contributed by atoms with E-state index in [1.807, 2.05) is 13.8 Å². The number of halogens is 1. The number of nitrogens with one attached hydrogen (secondary N) is 1. The van der Waals surface area contributed by atoms with Crippen LogP contribution in [0.3, 0.4) is 0 Å². The van der Waals surface area contributed by atoms with Gasteiger partial charge in [-0.05, 0) is 33.2 Å². The van der Waals surface area contributed by atoms with Crippen LogP contribution in [-0.2, 0) is 4.79 Å². The Morgan fingerprint density at radius 2 is 2.08 bits per heavy atom. The van der Waals surface area contributed by atoms with Crippen molar-refractivity contribution in [2.75, 3.05) is 6.54 Å². The van der Waals surface area contributed by atoms with Crippen molar-refractivity contribution >= 4 is 18.3 Å². The number of carbonyl (C=O) groups is 1. The SMILES string of the molecule is CC(C)(C(N)=O)C1CCCCN1.Cl. The Balaban J connectivity index is 0.00000144. The number of piperidine rings is 1. The maximum atomic E-state index is 11.1. The van der Waals surface area contributed by atoms with Crippen LogP contribution in [0, 0.1) is 5.41 Å². The minimum absolute atomic E-state index is 0. The molecular weight excluding hydrogens is 188 g/mol. The lowest BCUT2D eigenvalue weighted by atomic mass is 9.79.